The largest absolute Gasteiger partial charge is 0.425 e. The normalized spacial score (nSPS) is 9.85. The molecule has 20 heavy (non-hydrogen) atoms. The number of nitrogens with zero attached hydrogens (tertiary/aromatic N) is 1. The van der Waals surface area contributed by atoms with Crippen LogP contribution in [0.15, 0.2) is 48.7 Å². The van der Waals surface area contributed by atoms with Gasteiger partial charge in [0.05, 0.1) is 0 Å². The molecule has 2 rings (SSSR count). The zero-order valence-corrected chi connectivity index (χ0v) is 11.0. The van der Waals surface area contributed by atoms with Crippen LogP contribution in [0.3, 0.4) is 0 Å². The molecule has 0 aliphatic carbocycles. The summed E-state index contributed by atoms with van der Waals surface area (Å²) in [6.07, 6.45) is 1.51. The second-order valence-electron chi connectivity index (χ2n) is 4.19. The lowest BCUT2D eigenvalue weighted by Gasteiger charge is -2.06. The fourth-order valence-electron chi connectivity index (χ4n) is 1.59. The summed E-state index contributed by atoms with van der Waals surface area (Å²) >= 11 is 0. The number of hydrogen-bond donors (Lipinski definition) is 1. The predicted molar refractivity (Wildman–Crippen MR) is 73.4 cm³/mol. The van der Waals surface area contributed by atoms with E-state index < -0.39 is 11.9 Å². The molecule has 1 aromatic carbocycles. The number of pyridine rings is 1. The number of esters is 1. The van der Waals surface area contributed by atoms with Crippen LogP contribution < -0.4 is 10.1 Å². The summed E-state index contributed by atoms with van der Waals surface area (Å²) < 4.78 is 5.11. The van der Waals surface area contributed by atoms with Gasteiger partial charge in [-0.25, -0.2) is 4.79 Å². The lowest BCUT2D eigenvalue weighted by Crippen LogP contribution is -2.32. The standard InChI is InChI=1S/C15H14N2O3/c1-11-5-4-6-12(9-11)20-14(18)10-17-15(19)13-7-2-3-8-16-13/h2-9H,10H2,1H3,(H,17,19). The van der Waals surface area contributed by atoms with Crippen molar-refractivity contribution in [3.05, 3.63) is 59.9 Å². The molecule has 0 aliphatic rings. The molecule has 5 nitrogen and oxygen atoms in total. The van der Waals surface area contributed by atoms with E-state index in [1.807, 2.05) is 13.0 Å². The smallest absolute Gasteiger partial charge is 0.330 e. The third kappa shape index (κ3) is 3.91. The van der Waals surface area contributed by atoms with Gasteiger partial charge in [-0.05, 0) is 36.8 Å². The molecule has 0 aliphatic heterocycles. The maximum atomic E-state index is 11.7. The Morgan fingerprint density at radius 3 is 2.75 bits per heavy atom. The van der Waals surface area contributed by atoms with Gasteiger partial charge in [-0.2, -0.15) is 0 Å². The highest BCUT2D eigenvalue weighted by molar-refractivity contribution is 5.94. The summed E-state index contributed by atoms with van der Waals surface area (Å²) in [5.41, 5.74) is 1.25. The van der Waals surface area contributed by atoms with Crippen LogP contribution in [0.4, 0.5) is 0 Å². The van der Waals surface area contributed by atoms with Crippen molar-refractivity contribution in [1.29, 1.82) is 0 Å². The van der Waals surface area contributed by atoms with Crippen LogP contribution in [-0.4, -0.2) is 23.4 Å². The highest BCUT2D eigenvalue weighted by Crippen LogP contribution is 2.12. The van der Waals surface area contributed by atoms with Crippen molar-refractivity contribution in [1.82, 2.24) is 10.3 Å². The molecule has 5 heteroatoms. The maximum Gasteiger partial charge on any atom is 0.330 e. The Morgan fingerprint density at radius 2 is 2.05 bits per heavy atom. The first-order valence-corrected chi connectivity index (χ1v) is 6.12. The van der Waals surface area contributed by atoms with Crippen molar-refractivity contribution in [3.8, 4) is 5.75 Å². The fraction of sp³-hybridized carbons (Fsp3) is 0.133. The number of benzene rings is 1. The number of rotatable bonds is 4. The lowest BCUT2D eigenvalue weighted by atomic mass is 10.2. The van der Waals surface area contributed by atoms with Crippen molar-refractivity contribution in [2.75, 3.05) is 6.54 Å². The average molecular weight is 270 g/mol. The number of aryl methyl sites for hydroxylation is 1. The van der Waals surface area contributed by atoms with Crippen LogP contribution in [0, 0.1) is 6.92 Å². The van der Waals surface area contributed by atoms with E-state index in [4.69, 9.17) is 4.74 Å². The Labute approximate surface area is 116 Å². The van der Waals surface area contributed by atoms with Crippen LogP contribution in [0.1, 0.15) is 16.1 Å². The highest BCUT2D eigenvalue weighted by atomic mass is 16.5. The Balaban J connectivity index is 1.85. The monoisotopic (exact) mass is 270 g/mol. The minimum Gasteiger partial charge on any atom is -0.425 e. The minimum absolute atomic E-state index is 0.205. The zero-order valence-electron chi connectivity index (χ0n) is 11.0. The molecule has 0 radical (unpaired) electrons. The topological polar surface area (TPSA) is 68.3 Å². The molecule has 0 fully saturated rings. The number of nitrogens with one attached hydrogen (secondary N) is 1. The number of carbonyl (C=O) groups is 2. The van der Waals surface area contributed by atoms with Gasteiger partial charge in [0.15, 0.2) is 0 Å². The molecule has 1 heterocycles. The quantitative estimate of drug-likeness (QED) is 0.678. The van der Waals surface area contributed by atoms with Gasteiger partial charge >= 0.3 is 5.97 Å². The molecular formula is C15H14N2O3. The van der Waals surface area contributed by atoms with Gasteiger partial charge in [-0.3, -0.25) is 9.78 Å². The average Bonchev–Trinajstić information content (AvgIpc) is 2.46. The van der Waals surface area contributed by atoms with E-state index in [9.17, 15) is 9.59 Å². The predicted octanol–water partition coefficient (Wildman–Crippen LogP) is 1.73. The molecule has 0 saturated heterocycles. The number of hydrogen-bond acceptors (Lipinski definition) is 4. The Hall–Kier alpha value is -2.69. The van der Waals surface area contributed by atoms with E-state index in [1.54, 1.807) is 36.4 Å². The van der Waals surface area contributed by atoms with E-state index in [-0.39, 0.29) is 12.2 Å². The SMILES string of the molecule is Cc1cccc(OC(=O)CNC(=O)c2ccccn2)c1. The number of aromatic nitrogens is 1. The lowest BCUT2D eigenvalue weighted by molar-refractivity contribution is -0.133. The van der Waals surface area contributed by atoms with Gasteiger partial charge in [0.25, 0.3) is 5.91 Å². The second-order valence-corrected chi connectivity index (χ2v) is 4.19. The first-order chi connectivity index (χ1) is 9.65. The Morgan fingerprint density at radius 1 is 1.20 bits per heavy atom. The van der Waals surface area contributed by atoms with Crippen LogP contribution >= 0.6 is 0 Å². The molecule has 0 spiro atoms. The zero-order chi connectivity index (χ0) is 14.4. The summed E-state index contributed by atoms with van der Waals surface area (Å²) in [5, 5.41) is 2.46. The van der Waals surface area contributed by atoms with E-state index in [0.717, 1.165) is 5.56 Å². The molecule has 0 saturated carbocycles. The van der Waals surface area contributed by atoms with E-state index in [1.165, 1.54) is 6.20 Å². The van der Waals surface area contributed by atoms with Crippen molar-refractivity contribution >= 4 is 11.9 Å². The van der Waals surface area contributed by atoms with Crippen LogP contribution in [0.2, 0.25) is 0 Å². The molecule has 0 unspecified atom stereocenters. The van der Waals surface area contributed by atoms with Gasteiger partial charge < -0.3 is 10.1 Å². The molecule has 1 aromatic heterocycles. The number of ether oxygens (including phenoxy) is 1. The third-order valence-electron chi connectivity index (χ3n) is 2.51. The number of carbonyl (C=O) groups excluding carboxylic acids is 2. The fourth-order valence-corrected chi connectivity index (χ4v) is 1.59. The van der Waals surface area contributed by atoms with Crippen LogP contribution in [0.25, 0.3) is 0 Å². The van der Waals surface area contributed by atoms with Gasteiger partial charge in [-0.1, -0.05) is 18.2 Å². The van der Waals surface area contributed by atoms with Crippen molar-refractivity contribution < 1.29 is 14.3 Å². The van der Waals surface area contributed by atoms with Crippen LogP contribution in [-0.2, 0) is 4.79 Å². The van der Waals surface area contributed by atoms with E-state index in [2.05, 4.69) is 10.3 Å². The summed E-state index contributed by atoms with van der Waals surface area (Å²) in [6, 6.07) is 12.1. The highest BCUT2D eigenvalue weighted by Gasteiger charge is 2.10. The van der Waals surface area contributed by atoms with Crippen molar-refractivity contribution in [2.24, 2.45) is 0 Å². The summed E-state index contributed by atoms with van der Waals surface area (Å²) in [5.74, 6) is -0.478. The van der Waals surface area contributed by atoms with Gasteiger partial charge in [-0.15, -0.1) is 0 Å². The molecule has 1 amide bonds. The van der Waals surface area contributed by atoms with Gasteiger partial charge in [0.2, 0.25) is 0 Å². The summed E-state index contributed by atoms with van der Waals surface area (Å²) in [4.78, 5) is 27.2. The summed E-state index contributed by atoms with van der Waals surface area (Å²) in [6.45, 7) is 1.70. The number of amides is 1. The Kier molecular flexibility index (Phi) is 4.44. The van der Waals surface area contributed by atoms with Crippen molar-refractivity contribution in [2.45, 2.75) is 6.92 Å². The molecule has 2 aromatic rings. The second kappa shape index (κ2) is 6.47. The maximum absolute atomic E-state index is 11.7. The third-order valence-corrected chi connectivity index (χ3v) is 2.51. The molecule has 0 atom stereocenters. The summed E-state index contributed by atoms with van der Waals surface area (Å²) in [7, 11) is 0. The Bertz CT molecular complexity index is 612. The first kappa shape index (κ1) is 13.7. The van der Waals surface area contributed by atoms with Gasteiger partial charge in [0.1, 0.15) is 18.0 Å². The van der Waals surface area contributed by atoms with E-state index >= 15 is 0 Å². The first-order valence-electron chi connectivity index (χ1n) is 6.12. The van der Waals surface area contributed by atoms with E-state index in [0.29, 0.717) is 5.75 Å². The molecule has 1 N–H and O–H groups in total. The van der Waals surface area contributed by atoms with Crippen LogP contribution in [0.5, 0.6) is 5.75 Å². The molecule has 0 bridgehead atoms. The minimum atomic E-state index is -0.528. The van der Waals surface area contributed by atoms with Gasteiger partial charge in [0, 0.05) is 6.20 Å². The molecular weight excluding hydrogens is 256 g/mol. The molecule has 102 valence electrons. The van der Waals surface area contributed by atoms with Crippen molar-refractivity contribution in [3.63, 3.8) is 0 Å².